The Labute approximate surface area is 125 Å². The zero-order valence-corrected chi connectivity index (χ0v) is 12.9. The molecule has 0 aromatic heterocycles. The van der Waals surface area contributed by atoms with Crippen molar-refractivity contribution in [2.75, 3.05) is 18.5 Å². The molecule has 0 aliphatic heterocycles. The van der Waals surface area contributed by atoms with E-state index in [1.165, 1.54) is 16.7 Å². The summed E-state index contributed by atoms with van der Waals surface area (Å²) < 4.78 is 5.86. The maximum Gasteiger partial charge on any atom is 0.125 e. The van der Waals surface area contributed by atoms with Crippen LogP contribution in [-0.4, -0.2) is 13.2 Å². The van der Waals surface area contributed by atoms with Gasteiger partial charge in [0.2, 0.25) is 0 Å². The first-order valence-electron chi connectivity index (χ1n) is 6.77. The Balaban J connectivity index is 1.89. The van der Waals surface area contributed by atoms with E-state index in [0.717, 1.165) is 23.0 Å². The van der Waals surface area contributed by atoms with Crippen LogP contribution in [0.5, 0.6) is 5.75 Å². The zero-order valence-electron chi connectivity index (χ0n) is 12.2. The largest absolute Gasteiger partial charge is 0.491 e. The van der Waals surface area contributed by atoms with Crippen LogP contribution in [0.25, 0.3) is 0 Å². The van der Waals surface area contributed by atoms with Crippen molar-refractivity contribution < 1.29 is 4.74 Å². The van der Waals surface area contributed by atoms with Crippen molar-refractivity contribution in [3.8, 4) is 5.75 Å². The van der Waals surface area contributed by atoms with E-state index in [-0.39, 0.29) is 0 Å². The SMILES string of the molecule is Cc1ccc(Cl)cc1NCCOc1c(C)cccc1C. The van der Waals surface area contributed by atoms with E-state index < -0.39 is 0 Å². The van der Waals surface area contributed by atoms with Crippen LogP contribution in [0.2, 0.25) is 5.02 Å². The Morgan fingerprint density at radius 1 is 1.00 bits per heavy atom. The number of hydrogen-bond donors (Lipinski definition) is 1. The van der Waals surface area contributed by atoms with E-state index in [1.54, 1.807) is 0 Å². The quantitative estimate of drug-likeness (QED) is 0.802. The fraction of sp³-hybridized carbons (Fsp3) is 0.294. The minimum absolute atomic E-state index is 0.623. The predicted octanol–water partition coefficient (Wildman–Crippen LogP) is 4.76. The first-order valence-corrected chi connectivity index (χ1v) is 7.15. The molecule has 0 aliphatic rings. The molecule has 0 spiro atoms. The van der Waals surface area contributed by atoms with Gasteiger partial charge in [-0.15, -0.1) is 0 Å². The van der Waals surface area contributed by atoms with Crippen LogP contribution >= 0.6 is 11.6 Å². The van der Waals surface area contributed by atoms with Crippen LogP contribution in [0.1, 0.15) is 16.7 Å². The van der Waals surface area contributed by atoms with Gasteiger partial charge in [0, 0.05) is 17.3 Å². The number of benzene rings is 2. The molecule has 0 saturated heterocycles. The molecular weight excluding hydrogens is 270 g/mol. The van der Waals surface area contributed by atoms with Gasteiger partial charge in [0.05, 0.1) is 0 Å². The Hall–Kier alpha value is -1.67. The van der Waals surface area contributed by atoms with Gasteiger partial charge in [-0.05, 0) is 49.6 Å². The van der Waals surface area contributed by atoms with Gasteiger partial charge in [-0.3, -0.25) is 0 Å². The molecule has 0 atom stereocenters. The van der Waals surface area contributed by atoms with Crippen LogP contribution in [0.3, 0.4) is 0 Å². The van der Waals surface area contributed by atoms with Gasteiger partial charge < -0.3 is 10.1 Å². The number of para-hydroxylation sites is 1. The molecular formula is C17H20ClNO. The third-order valence-corrected chi connectivity index (χ3v) is 3.51. The molecule has 2 aromatic rings. The van der Waals surface area contributed by atoms with Crippen molar-refractivity contribution >= 4 is 17.3 Å². The maximum absolute atomic E-state index is 6.00. The number of ether oxygens (including phenoxy) is 1. The number of hydrogen-bond acceptors (Lipinski definition) is 2. The van der Waals surface area contributed by atoms with Crippen molar-refractivity contribution in [2.24, 2.45) is 0 Å². The van der Waals surface area contributed by atoms with Crippen molar-refractivity contribution in [3.63, 3.8) is 0 Å². The summed E-state index contributed by atoms with van der Waals surface area (Å²) in [6.07, 6.45) is 0. The highest BCUT2D eigenvalue weighted by Crippen LogP contribution is 2.22. The molecule has 0 amide bonds. The molecule has 2 rings (SSSR count). The Bertz CT molecular complexity index is 575. The Morgan fingerprint density at radius 3 is 2.40 bits per heavy atom. The fourth-order valence-electron chi connectivity index (χ4n) is 2.15. The molecule has 0 bridgehead atoms. The lowest BCUT2D eigenvalue weighted by atomic mass is 10.1. The van der Waals surface area contributed by atoms with Crippen molar-refractivity contribution in [1.29, 1.82) is 0 Å². The highest BCUT2D eigenvalue weighted by atomic mass is 35.5. The average Bonchev–Trinajstić information content (AvgIpc) is 2.41. The van der Waals surface area contributed by atoms with E-state index in [2.05, 4.69) is 38.2 Å². The van der Waals surface area contributed by atoms with Crippen LogP contribution < -0.4 is 10.1 Å². The van der Waals surface area contributed by atoms with E-state index in [4.69, 9.17) is 16.3 Å². The topological polar surface area (TPSA) is 21.3 Å². The summed E-state index contributed by atoms with van der Waals surface area (Å²) in [5.74, 6) is 0.983. The standard InChI is InChI=1S/C17H20ClNO/c1-12-7-8-15(18)11-16(12)19-9-10-20-17-13(2)5-4-6-14(17)3/h4-8,11,19H,9-10H2,1-3H3. The highest BCUT2D eigenvalue weighted by molar-refractivity contribution is 6.30. The van der Waals surface area contributed by atoms with Crippen molar-refractivity contribution in [2.45, 2.75) is 20.8 Å². The van der Waals surface area contributed by atoms with Gasteiger partial charge in [-0.1, -0.05) is 35.9 Å². The minimum atomic E-state index is 0.623. The lowest BCUT2D eigenvalue weighted by Gasteiger charge is -2.14. The molecule has 106 valence electrons. The van der Waals surface area contributed by atoms with E-state index in [9.17, 15) is 0 Å². The van der Waals surface area contributed by atoms with Gasteiger partial charge in [0.15, 0.2) is 0 Å². The van der Waals surface area contributed by atoms with Gasteiger partial charge in [0.25, 0.3) is 0 Å². The number of halogens is 1. The lowest BCUT2D eigenvalue weighted by molar-refractivity contribution is 0.328. The van der Waals surface area contributed by atoms with E-state index in [0.29, 0.717) is 6.61 Å². The van der Waals surface area contributed by atoms with Gasteiger partial charge in [-0.2, -0.15) is 0 Å². The van der Waals surface area contributed by atoms with Crippen LogP contribution in [-0.2, 0) is 0 Å². The summed E-state index contributed by atoms with van der Waals surface area (Å²) in [6, 6.07) is 12.0. The lowest BCUT2D eigenvalue weighted by Crippen LogP contribution is -2.13. The molecule has 2 nitrogen and oxygen atoms in total. The summed E-state index contributed by atoms with van der Waals surface area (Å²) in [5, 5.41) is 4.10. The summed E-state index contributed by atoms with van der Waals surface area (Å²) in [6.45, 7) is 7.56. The molecule has 1 N–H and O–H groups in total. The first-order chi connectivity index (χ1) is 9.58. The van der Waals surface area contributed by atoms with Gasteiger partial charge in [-0.25, -0.2) is 0 Å². The monoisotopic (exact) mass is 289 g/mol. The van der Waals surface area contributed by atoms with Crippen LogP contribution in [0, 0.1) is 20.8 Å². The number of rotatable bonds is 5. The molecule has 0 radical (unpaired) electrons. The molecule has 0 unspecified atom stereocenters. The summed E-state index contributed by atoms with van der Waals surface area (Å²) >= 11 is 6.00. The fourth-order valence-corrected chi connectivity index (χ4v) is 2.32. The summed E-state index contributed by atoms with van der Waals surface area (Å²) in [4.78, 5) is 0. The second-order valence-electron chi connectivity index (χ2n) is 4.96. The van der Waals surface area contributed by atoms with Crippen molar-refractivity contribution in [1.82, 2.24) is 0 Å². The van der Waals surface area contributed by atoms with E-state index in [1.807, 2.05) is 24.3 Å². The highest BCUT2D eigenvalue weighted by Gasteiger charge is 2.03. The van der Waals surface area contributed by atoms with Gasteiger partial charge in [0.1, 0.15) is 12.4 Å². The van der Waals surface area contributed by atoms with Gasteiger partial charge >= 0.3 is 0 Å². The molecule has 20 heavy (non-hydrogen) atoms. The van der Waals surface area contributed by atoms with E-state index >= 15 is 0 Å². The zero-order chi connectivity index (χ0) is 14.5. The molecule has 3 heteroatoms. The van der Waals surface area contributed by atoms with Crippen LogP contribution in [0.4, 0.5) is 5.69 Å². The Kier molecular flexibility index (Phi) is 4.91. The normalized spacial score (nSPS) is 10.4. The minimum Gasteiger partial charge on any atom is -0.491 e. The number of anilines is 1. The number of nitrogens with one attached hydrogen (secondary N) is 1. The molecule has 0 aliphatic carbocycles. The summed E-state index contributed by atoms with van der Waals surface area (Å²) in [5.41, 5.74) is 4.58. The predicted molar refractivity (Wildman–Crippen MR) is 86.1 cm³/mol. The second kappa shape index (κ2) is 6.67. The second-order valence-corrected chi connectivity index (χ2v) is 5.39. The molecule has 0 fully saturated rings. The first kappa shape index (κ1) is 14.7. The van der Waals surface area contributed by atoms with Crippen LogP contribution in [0.15, 0.2) is 36.4 Å². The molecule has 2 aromatic carbocycles. The third-order valence-electron chi connectivity index (χ3n) is 3.27. The maximum atomic E-state index is 6.00. The smallest absolute Gasteiger partial charge is 0.125 e. The molecule has 0 heterocycles. The molecule has 0 saturated carbocycles. The third kappa shape index (κ3) is 3.67. The average molecular weight is 290 g/mol. The van der Waals surface area contributed by atoms with Crippen molar-refractivity contribution in [3.05, 3.63) is 58.1 Å². The number of aryl methyl sites for hydroxylation is 3. The summed E-state index contributed by atoms with van der Waals surface area (Å²) in [7, 11) is 0. The Morgan fingerprint density at radius 2 is 1.70 bits per heavy atom.